The number of rotatable bonds is 1. The number of aromatic nitrogens is 2. The number of nitrogens with one attached hydrogen (secondary N) is 1. The Morgan fingerprint density at radius 3 is 2.92 bits per heavy atom. The van der Waals surface area contributed by atoms with Gasteiger partial charge in [0, 0.05) is 12.7 Å². The first kappa shape index (κ1) is 10.4. The summed E-state index contributed by atoms with van der Waals surface area (Å²) in [4.78, 5) is 0. The maximum absolute atomic E-state index is 3.88. The summed E-state index contributed by atoms with van der Waals surface area (Å²) >= 11 is 0. The van der Waals surface area contributed by atoms with Crippen molar-refractivity contribution in [2.45, 2.75) is 18.8 Å². The average molecular weight is 200 g/mol. The second-order valence-corrected chi connectivity index (χ2v) is 3.22. The Morgan fingerprint density at radius 2 is 2.31 bits per heavy atom. The number of hydrogen-bond donors (Lipinski definition) is 1. The number of hydrogen-bond acceptors (Lipinski definition) is 3. The molecule has 1 aliphatic heterocycles. The fourth-order valence-electron chi connectivity index (χ4n) is 1.68. The predicted molar refractivity (Wildman–Crippen MR) is 54.1 cm³/mol. The van der Waals surface area contributed by atoms with Crippen LogP contribution in [0, 0.1) is 0 Å². The molecule has 2 rings (SSSR count). The summed E-state index contributed by atoms with van der Waals surface area (Å²) in [6.07, 6.45) is 6.19. The molecule has 0 aromatic carbocycles. The molecule has 2 heterocycles. The van der Waals surface area contributed by atoms with Gasteiger partial charge in [-0.3, -0.25) is 0 Å². The number of piperidine rings is 1. The average Bonchev–Trinajstić information content (AvgIpc) is 2.21. The molecule has 0 amide bonds. The van der Waals surface area contributed by atoms with E-state index in [9.17, 15) is 0 Å². The van der Waals surface area contributed by atoms with E-state index in [0.717, 1.165) is 13.1 Å². The molecule has 0 bridgehead atoms. The molecule has 1 unspecified atom stereocenters. The van der Waals surface area contributed by atoms with Crippen LogP contribution in [0.2, 0.25) is 0 Å². The van der Waals surface area contributed by atoms with Crippen molar-refractivity contribution < 1.29 is 0 Å². The first-order valence-electron chi connectivity index (χ1n) is 4.44. The van der Waals surface area contributed by atoms with Gasteiger partial charge in [0.2, 0.25) is 0 Å². The lowest BCUT2D eigenvalue weighted by molar-refractivity contribution is 0.460. The maximum atomic E-state index is 3.88. The fraction of sp³-hybridized carbons (Fsp3) is 0.556. The van der Waals surface area contributed by atoms with Crippen LogP contribution in [0.4, 0.5) is 0 Å². The van der Waals surface area contributed by atoms with Crippen molar-refractivity contribution in [3.8, 4) is 0 Å². The largest absolute Gasteiger partial charge is 0.316 e. The van der Waals surface area contributed by atoms with E-state index in [4.69, 9.17) is 0 Å². The van der Waals surface area contributed by atoms with Crippen LogP contribution in [0.1, 0.15) is 24.3 Å². The van der Waals surface area contributed by atoms with Gasteiger partial charge in [0.05, 0.1) is 6.20 Å². The van der Waals surface area contributed by atoms with Crippen LogP contribution >= 0.6 is 12.4 Å². The lowest BCUT2D eigenvalue weighted by Gasteiger charge is -2.22. The number of nitrogens with zero attached hydrogens (tertiary/aromatic N) is 2. The molecule has 0 spiro atoms. The molecule has 1 aliphatic rings. The van der Waals surface area contributed by atoms with Crippen LogP contribution in [-0.2, 0) is 0 Å². The summed E-state index contributed by atoms with van der Waals surface area (Å²) in [6, 6.07) is 2.06. The SMILES string of the molecule is Cl.c1cc(C2CCCNC2)cnn1. The van der Waals surface area contributed by atoms with Crippen LogP contribution in [0.25, 0.3) is 0 Å². The maximum Gasteiger partial charge on any atom is 0.0531 e. The molecule has 1 saturated heterocycles. The summed E-state index contributed by atoms with van der Waals surface area (Å²) in [5, 5.41) is 11.0. The van der Waals surface area contributed by atoms with Crippen molar-refractivity contribution in [1.29, 1.82) is 0 Å². The van der Waals surface area contributed by atoms with Crippen LogP contribution in [0.15, 0.2) is 18.5 Å². The van der Waals surface area contributed by atoms with Gasteiger partial charge < -0.3 is 5.32 Å². The highest BCUT2D eigenvalue weighted by atomic mass is 35.5. The van der Waals surface area contributed by atoms with Gasteiger partial charge in [-0.25, -0.2) is 0 Å². The van der Waals surface area contributed by atoms with E-state index in [1.807, 2.05) is 6.20 Å². The molecule has 1 atom stereocenters. The lowest BCUT2D eigenvalue weighted by atomic mass is 9.93. The molecule has 0 saturated carbocycles. The van der Waals surface area contributed by atoms with E-state index in [0.29, 0.717) is 5.92 Å². The third kappa shape index (κ3) is 2.64. The summed E-state index contributed by atoms with van der Waals surface area (Å²) in [7, 11) is 0. The van der Waals surface area contributed by atoms with Crippen molar-refractivity contribution in [2.75, 3.05) is 13.1 Å². The Morgan fingerprint density at radius 1 is 1.38 bits per heavy atom. The van der Waals surface area contributed by atoms with E-state index >= 15 is 0 Å². The van der Waals surface area contributed by atoms with E-state index < -0.39 is 0 Å². The Labute approximate surface area is 84.4 Å². The molecule has 1 N–H and O–H groups in total. The highest BCUT2D eigenvalue weighted by Crippen LogP contribution is 2.21. The standard InChI is InChI=1S/C9H13N3.ClH/c1-2-8(6-10-4-1)9-3-5-11-12-7-9;/h3,5,7-8,10H,1-2,4,6H2;1H. The monoisotopic (exact) mass is 199 g/mol. The minimum Gasteiger partial charge on any atom is -0.316 e. The zero-order chi connectivity index (χ0) is 8.23. The van der Waals surface area contributed by atoms with Crippen molar-refractivity contribution in [1.82, 2.24) is 15.5 Å². The highest BCUT2D eigenvalue weighted by molar-refractivity contribution is 5.85. The predicted octanol–water partition coefficient (Wildman–Crippen LogP) is 1.37. The summed E-state index contributed by atoms with van der Waals surface area (Å²) in [6.45, 7) is 2.25. The summed E-state index contributed by atoms with van der Waals surface area (Å²) in [5.41, 5.74) is 1.32. The Bertz CT molecular complexity index is 234. The molecular formula is C9H14ClN3. The first-order chi connectivity index (χ1) is 5.97. The van der Waals surface area contributed by atoms with Gasteiger partial charge in [-0.2, -0.15) is 10.2 Å². The normalized spacial score (nSPS) is 22.0. The van der Waals surface area contributed by atoms with E-state index in [2.05, 4.69) is 21.6 Å². The van der Waals surface area contributed by atoms with Crippen LogP contribution in [0.3, 0.4) is 0 Å². The zero-order valence-electron chi connectivity index (χ0n) is 7.44. The fourth-order valence-corrected chi connectivity index (χ4v) is 1.68. The van der Waals surface area contributed by atoms with Gasteiger partial charge in [0.25, 0.3) is 0 Å². The van der Waals surface area contributed by atoms with E-state index in [1.54, 1.807) is 6.20 Å². The van der Waals surface area contributed by atoms with Crippen molar-refractivity contribution in [3.63, 3.8) is 0 Å². The van der Waals surface area contributed by atoms with Crippen molar-refractivity contribution in [2.24, 2.45) is 0 Å². The molecule has 72 valence electrons. The van der Waals surface area contributed by atoms with Gasteiger partial charge in [0.15, 0.2) is 0 Å². The first-order valence-corrected chi connectivity index (χ1v) is 4.44. The summed E-state index contributed by atoms with van der Waals surface area (Å²) in [5.74, 6) is 0.647. The Balaban J connectivity index is 0.000000845. The van der Waals surface area contributed by atoms with Gasteiger partial charge in [-0.1, -0.05) is 0 Å². The van der Waals surface area contributed by atoms with Crippen LogP contribution in [0.5, 0.6) is 0 Å². The van der Waals surface area contributed by atoms with Gasteiger partial charge in [-0.05, 0) is 36.9 Å². The molecule has 1 aromatic rings. The molecule has 4 heteroatoms. The van der Waals surface area contributed by atoms with E-state index in [1.165, 1.54) is 18.4 Å². The molecule has 1 aromatic heterocycles. The third-order valence-electron chi connectivity index (χ3n) is 2.38. The topological polar surface area (TPSA) is 37.8 Å². The second kappa shape index (κ2) is 5.14. The smallest absolute Gasteiger partial charge is 0.0531 e. The second-order valence-electron chi connectivity index (χ2n) is 3.22. The minimum atomic E-state index is 0. The molecule has 3 nitrogen and oxygen atoms in total. The molecule has 13 heavy (non-hydrogen) atoms. The molecule has 0 radical (unpaired) electrons. The molecule has 1 fully saturated rings. The minimum absolute atomic E-state index is 0. The Hall–Kier alpha value is -0.670. The lowest BCUT2D eigenvalue weighted by Crippen LogP contribution is -2.28. The molecule has 0 aliphatic carbocycles. The zero-order valence-corrected chi connectivity index (χ0v) is 8.26. The Kier molecular flexibility index (Phi) is 4.12. The van der Waals surface area contributed by atoms with Crippen molar-refractivity contribution >= 4 is 12.4 Å². The summed E-state index contributed by atoms with van der Waals surface area (Å²) < 4.78 is 0. The van der Waals surface area contributed by atoms with Crippen LogP contribution < -0.4 is 5.32 Å². The van der Waals surface area contributed by atoms with E-state index in [-0.39, 0.29) is 12.4 Å². The quantitative estimate of drug-likeness (QED) is 0.743. The number of halogens is 1. The van der Waals surface area contributed by atoms with Crippen LogP contribution in [-0.4, -0.2) is 23.3 Å². The highest BCUT2D eigenvalue weighted by Gasteiger charge is 2.14. The third-order valence-corrected chi connectivity index (χ3v) is 2.38. The van der Waals surface area contributed by atoms with Crippen molar-refractivity contribution in [3.05, 3.63) is 24.0 Å². The van der Waals surface area contributed by atoms with Gasteiger partial charge >= 0.3 is 0 Å². The molecular weight excluding hydrogens is 186 g/mol. The van der Waals surface area contributed by atoms with Gasteiger partial charge in [-0.15, -0.1) is 12.4 Å². The van der Waals surface area contributed by atoms with Gasteiger partial charge in [0.1, 0.15) is 0 Å².